The molecule has 2 saturated carbocycles. The highest BCUT2D eigenvalue weighted by molar-refractivity contribution is 5.73. The van der Waals surface area contributed by atoms with E-state index >= 15 is 0 Å². The van der Waals surface area contributed by atoms with Crippen LogP contribution in [-0.4, -0.2) is 11.9 Å². The van der Waals surface area contributed by atoms with E-state index in [4.69, 9.17) is 0 Å². The van der Waals surface area contributed by atoms with Crippen molar-refractivity contribution in [3.05, 3.63) is 11.6 Å². The molecule has 1 unspecified atom stereocenters. The van der Waals surface area contributed by atoms with Gasteiger partial charge in [-0.3, -0.25) is 4.79 Å². The normalized spacial score (nSPS) is 43.4. The average molecular weight is 261 g/mol. The maximum Gasteiger partial charge on any atom is 0.217 e. The molecule has 4 atom stereocenters. The maximum atomic E-state index is 11.7. The molecule has 0 radical (unpaired) electrons. The topological polar surface area (TPSA) is 29.1 Å². The van der Waals surface area contributed by atoms with Crippen molar-refractivity contribution in [1.82, 2.24) is 5.32 Å². The number of fused-ring (bicyclic) bond motifs is 1. The summed E-state index contributed by atoms with van der Waals surface area (Å²) in [5.74, 6) is 1.47. The van der Waals surface area contributed by atoms with Crippen LogP contribution in [0.4, 0.5) is 0 Å². The first kappa shape index (κ1) is 13.2. The molecule has 2 heteroatoms. The molecule has 0 aromatic carbocycles. The minimum Gasteiger partial charge on any atom is -0.352 e. The number of allylic oxidation sites excluding steroid dienone is 1. The Morgan fingerprint density at radius 3 is 2.74 bits per heavy atom. The summed E-state index contributed by atoms with van der Waals surface area (Å²) in [6.07, 6.45) is 8.98. The Labute approximate surface area is 117 Å². The molecule has 2 nitrogen and oxygen atoms in total. The fourth-order valence-electron chi connectivity index (χ4n) is 5.19. The Morgan fingerprint density at radius 2 is 2.05 bits per heavy atom. The number of hydrogen-bond donors (Lipinski definition) is 1. The van der Waals surface area contributed by atoms with Gasteiger partial charge in [-0.15, -0.1) is 0 Å². The van der Waals surface area contributed by atoms with Gasteiger partial charge in [0.1, 0.15) is 0 Å². The highest BCUT2D eigenvalue weighted by Crippen LogP contribution is 2.60. The van der Waals surface area contributed by atoms with E-state index in [9.17, 15) is 4.79 Å². The third-order valence-electron chi connectivity index (χ3n) is 6.04. The second kappa shape index (κ2) is 4.10. The SMILES string of the molecule is CC(=O)N[C@H]1[C@H]2C3CC[C@]1(C)C=C3CCCC2(C)C. The number of amides is 1. The number of carbonyl (C=O) groups excluding carboxylic acids is 1. The lowest BCUT2D eigenvalue weighted by Gasteiger charge is -2.57. The van der Waals surface area contributed by atoms with E-state index in [2.05, 4.69) is 32.2 Å². The van der Waals surface area contributed by atoms with Gasteiger partial charge in [-0.05, 0) is 49.4 Å². The van der Waals surface area contributed by atoms with Crippen molar-refractivity contribution in [3.8, 4) is 0 Å². The quantitative estimate of drug-likeness (QED) is 0.717. The Morgan fingerprint density at radius 1 is 1.32 bits per heavy atom. The lowest BCUT2D eigenvalue weighted by Crippen LogP contribution is -2.60. The van der Waals surface area contributed by atoms with Gasteiger partial charge in [0.2, 0.25) is 5.91 Å². The van der Waals surface area contributed by atoms with Gasteiger partial charge in [-0.1, -0.05) is 32.4 Å². The van der Waals surface area contributed by atoms with E-state index in [1.165, 1.54) is 32.1 Å². The number of carbonyl (C=O) groups is 1. The van der Waals surface area contributed by atoms with Crippen LogP contribution in [0.15, 0.2) is 11.6 Å². The van der Waals surface area contributed by atoms with Crippen molar-refractivity contribution in [1.29, 1.82) is 0 Å². The first-order chi connectivity index (χ1) is 8.83. The molecule has 0 aliphatic heterocycles. The Hall–Kier alpha value is -0.790. The summed E-state index contributed by atoms with van der Waals surface area (Å²) in [6.45, 7) is 8.86. The summed E-state index contributed by atoms with van der Waals surface area (Å²) in [6, 6.07) is 0.334. The molecule has 2 fully saturated rings. The molecule has 0 spiro atoms. The van der Waals surface area contributed by atoms with Crippen LogP contribution in [0.3, 0.4) is 0 Å². The van der Waals surface area contributed by atoms with Gasteiger partial charge in [0, 0.05) is 18.4 Å². The van der Waals surface area contributed by atoms with Gasteiger partial charge in [0.05, 0.1) is 0 Å². The molecule has 4 bridgehead atoms. The fourth-order valence-corrected chi connectivity index (χ4v) is 5.19. The van der Waals surface area contributed by atoms with Crippen LogP contribution < -0.4 is 5.32 Å². The molecule has 0 saturated heterocycles. The number of hydrogen-bond acceptors (Lipinski definition) is 1. The molecule has 4 aliphatic rings. The molecule has 19 heavy (non-hydrogen) atoms. The molecular formula is C17H27NO. The van der Waals surface area contributed by atoms with E-state index in [1.807, 2.05) is 0 Å². The third-order valence-corrected chi connectivity index (χ3v) is 6.04. The Bertz CT molecular complexity index is 437. The van der Waals surface area contributed by atoms with Crippen molar-refractivity contribution in [2.75, 3.05) is 0 Å². The molecule has 4 rings (SSSR count). The van der Waals surface area contributed by atoms with Crippen LogP contribution in [0.25, 0.3) is 0 Å². The number of rotatable bonds is 1. The zero-order chi connectivity index (χ0) is 13.8. The standard InChI is InChI=1S/C17H27NO/c1-11(19)18-15-14-13-7-9-17(15,4)10-12(13)6-5-8-16(14,2)3/h10,13-15H,5-9H2,1-4H3,(H,18,19)/t13?,14-,15+,17-/m1/s1. The summed E-state index contributed by atoms with van der Waals surface area (Å²) in [5, 5.41) is 3.31. The third kappa shape index (κ3) is 1.95. The minimum atomic E-state index is 0.133. The largest absolute Gasteiger partial charge is 0.352 e. The zero-order valence-corrected chi connectivity index (χ0v) is 12.8. The van der Waals surface area contributed by atoms with E-state index in [0.29, 0.717) is 17.4 Å². The summed E-state index contributed by atoms with van der Waals surface area (Å²) >= 11 is 0. The van der Waals surface area contributed by atoms with Crippen LogP contribution in [0.2, 0.25) is 0 Å². The molecule has 0 aromatic rings. The van der Waals surface area contributed by atoms with Gasteiger partial charge >= 0.3 is 0 Å². The maximum absolute atomic E-state index is 11.7. The molecule has 0 aromatic heterocycles. The molecule has 1 amide bonds. The lowest BCUT2D eigenvalue weighted by atomic mass is 9.50. The van der Waals surface area contributed by atoms with Crippen LogP contribution in [0.1, 0.15) is 59.8 Å². The second-order valence-corrected chi connectivity index (χ2v) is 7.92. The van der Waals surface area contributed by atoms with E-state index in [1.54, 1.807) is 12.5 Å². The monoisotopic (exact) mass is 261 g/mol. The smallest absolute Gasteiger partial charge is 0.217 e. The second-order valence-electron chi connectivity index (χ2n) is 7.92. The van der Waals surface area contributed by atoms with E-state index < -0.39 is 0 Å². The van der Waals surface area contributed by atoms with Crippen LogP contribution >= 0.6 is 0 Å². The van der Waals surface area contributed by atoms with Gasteiger partial charge in [-0.25, -0.2) is 0 Å². The van der Waals surface area contributed by atoms with Crippen LogP contribution in [-0.2, 0) is 4.79 Å². The Kier molecular flexibility index (Phi) is 2.85. The Balaban J connectivity index is 2.07. The van der Waals surface area contributed by atoms with Crippen LogP contribution in [0, 0.1) is 22.7 Å². The summed E-state index contributed by atoms with van der Waals surface area (Å²) in [5.41, 5.74) is 2.23. The first-order valence-corrected chi connectivity index (χ1v) is 7.82. The predicted octanol–water partition coefficient (Wildman–Crippen LogP) is 3.67. The molecule has 106 valence electrons. The van der Waals surface area contributed by atoms with Crippen molar-refractivity contribution in [2.24, 2.45) is 22.7 Å². The highest BCUT2D eigenvalue weighted by Gasteiger charge is 2.56. The molecule has 4 aliphatic carbocycles. The molecule has 0 heterocycles. The zero-order valence-electron chi connectivity index (χ0n) is 12.8. The van der Waals surface area contributed by atoms with Crippen molar-refractivity contribution in [2.45, 2.75) is 65.8 Å². The van der Waals surface area contributed by atoms with Gasteiger partial charge in [0.15, 0.2) is 0 Å². The predicted molar refractivity (Wildman–Crippen MR) is 77.6 cm³/mol. The number of nitrogens with one attached hydrogen (secondary N) is 1. The van der Waals surface area contributed by atoms with Crippen molar-refractivity contribution < 1.29 is 4.79 Å². The summed E-state index contributed by atoms with van der Waals surface area (Å²) < 4.78 is 0. The van der Waals surface area contributed by atoms with Gasteiger partial charge < -0.3 is 5.32 Å². The molecular weight excluding hydrogens is 234 g/mol. The minimum absolute atomic E-state index is 0.133. The fraction of sp³-hybridized carbons (Fsp3) is 0.824. The van der Waals surface area contributed by atoms with Crippen molar-refractivity contribution >= 4 is 5.91 Å². The van der Waals surface area contributed by atoms with Crippen molar-refractivity contribution in [3.63, 3.8) is 0 Å². The van der Waals surface area contributed by atoms with E-state index in [0.717, 1.165) is 5.92 Å². The average Bonchev–Trinajstić information content (AvgIpc) is 2.39. The summed E-state index contributed by atoms with van der Waals surface area (Å²) in [7, 11) is 0. The molecule has 1 N–H and O–H groups in total. The van der Waals surface area contributed by atoms with Gasteiger partial charge in [0.25, 0.3) is 0 Å². The van der Waals surface area contributed by atoms with Gasteiger partial charge in [-0.2, -0.15) is 0 Å². The van der Waals surface area contributed by atoms with E-state index in [-0.39, 0.29) is 11.3 Å². The first-order valence-electron chi connectivity index (χ1n) is 7.82. The summed E-state index contributed by atoms with van der Waals surface area (Å²) in [4.78, 5) is 11.7. The van der Waals surface area contributed by atoms with Crippen LogP contribution in [0.5, 0.6) is 0 Å². The lowest BCUT2D eigenvalue weighted by molar-refractivity contribution is -0.123. The highest BCUT2D eigenvalue weighted by atomic mass is 16.1.